The highest BCUT2D eigenvalue weighted by atomic mass is 16.2. The molecule has 0 atom stereocenters. The summed E-state index contributed by atoms with van der Waals surface area (Å²) in [5.74, 6) is 2.42. The maximum absolute atomic E-state index is 12.9. The van der Waals surface area contributed by atoms with Crippen LogP contribution >= 0.6 is 0 Å². The predicted octanol–water partition coefficient (Wildman–Crippen LogP) is 4.74. The van der Waals surface area contributed by atoms with Crippen LogP contribution in [0.2, 0.25) is 0 Å². The molecule has 6 fully saturated rings. The van der Waals surface area contributed by atoms with E-state index in [1.165, 1.54) is 49.0 Å². The van der Waals surface area contributed by atoms with Crippen molar-refractivity contribution in [2.45, 2.75) is 88.0 Å². The van der Waals surface area contributed by atoms with Crippen LogP contribution in [-0.4, -0.2) is 34.8 Å². The Bertz CT molecular complexity index is 928. The lowest BCUT2D eigenvalue weighted by atomic mass is 9.48. The zero-order chi connectivity index (χ0) is 22.6. The molecule has 1 saturated heterocycles. The summed E-state index contributed by atoms with van der Waals surface area (Å²) in [7, 11) is 0. The molecule has 1 aromatic carbocycles. The number of anilines is 1. The Kier molecular flexibility index (Phi) is 5.04. The summed E-state index contributed by atoms with van der Waals surface area (Å²) >= 11 is 0. The van der Waals surface area contributed by atoms with Gasteiger partial charge in [-0.25, -0.2) is 4.79 Å². The number of nitrogens with zero attached hydrogens (tertiary/aromatic N) is 1. The molecular weight excluding hydrogens is 414 g/mol. The molecule has 4 bridgehead atoms. The van der Waals surface area contributed by atoms with Crippen molar-refractivity contribution in [2.24, 2.45) is 17.8 Å². The van der Waals surface area contributed by atoms with Crippen LogP contribution in [0.25, 0.3) is 0 Å². The second-order valence-electron chi connectivity index (χ2n) is 11.6. The highest BCUT2D eigenvalue weighted by Crippen LogP contribution is 2.60. The summed E-state index contributed by atoms with van der Waals surface area (Å²) < 4.78 is 0. The largest absolute Gasteiger partial charge is 0.326 e. The third-order valence-corrected chi connectivity index (χ3v) is 9.33. The Morgan fingerprint density at radius 2 is 1.55 bits per heavy atom. The summed E-state index contributed by atoms with van der Waals surface area (Å²) in [5, 5.41) is 5.87. The minimum absolute atomic E-state index is 0.117. The molecule has 1 aromatic rings. The quantitative estimate of drug-likeness (QED) is 0.638. The van der Waals surface area contributed by atoms with Crippen molar-refractivity contribution in [1.29, 1.82) is 0 Å². The van der Waals surface area contributed by atoms with Gasteiger partial charge in [0.2, 0.25) is 5.91 Å². The van der Waals surface area contributed by atoms with Crippen LogP contribution in [0.5, 0.6) is 0 Å². The standard InChI is InChI=1S/C27H35N3O3/c31-23(8-11-30-24(32)27(29-25(30)33)9-2-1-3-10-27)28-22-6-4-21(5-7-22)26-15-18-12-19(16-26)14-20(13-18)17-26/h4-7,18-20H,1-3,8-17H2,(H,28,31)(H,29,33). The molecule has 1 spiro atoms. The SMILES string of the molecule is O=C(CCN1C(=O)NC2(CCCCC2)C1=O)Nc1ccc(C23CC4CC(CC(C4)C2)C3)cc1. The third-order valence-electron chi connectivity index (χ3n) is 9.33. The molecule has 6 aliphatic rings. The lowest BCUT2D eigenvalue weighted by molar-refractivity contribution is -0.132. The van der Waals surface area contributed by atoms with E-state index in [9.17, 15) is 14.4 Å². The fourth-order valence-corrected chi connectivity index (χ4v) is 8.18. The first-order valence-corrected chi connectivity index (χ1v) is 13.0. The number of urea groups is 1. The number of carbonyl (C=O) groups is 3. The molecule has 7 rings (SSSR count). The number of amides is 4. The van der Waals surface area contributed by atoms with Crippen LogP contribution in [0.4, 0.5) is 10.5 Å². The molecule has 33 heavy (non-hydrogen) atoms. The van der Waals surface area contributed by atoms with Crippen molar-refractivity contribution in [3.05, 3.63) is 29.8 Å². The summed E-state index contributed by atoms with van der Waals surface area (Å²) in [6, 6.07) is 8.13. The molecule has 0 radical (unpaired) electrons. The number of imide groups is 1. The van der Waals surface area contributed by atoms with E-state index in [2.05, 4.69) is 22.8 Å². The van der Waals surface area contributed by atoms with Crippen molar-refractivity contribution in [1.82, 2.24) is 10.2 Å². The van der Waals surface area contributed by atoms with Crippen molar-refractivity contribution < 1.29 is 14.4 Å². The molecule has 0 aromatic heterocycles. The summed E-state index contributed by atoms with van der Waals surface area (Å²) in [6.45, 7) is 0.129. The van der Waals surface area contributed by atoms with Gasteiger partial charge in [0.25, 0.3) is 5.91 Å². The van der Waals surface area contributed by atoms with E-state index in [1.807, 2.05) is 12.1 Å². The predicted molar refractivity (Wildman–Crippen MR) is 126 cm³/mol. The Labute approximate surface area is 195 Å². The van der Waals surface area contributed by atoms with Gasteiger partial charge < -0.3 is 10.6 Å². The lowest BCUT2D eigenvalue weighted by Gasteiger charge is -2.57. The zero-order valence-corrected chi connectivity index (χ0v) is 19.4. The molecule has 5 aliphatic carbocycles. The van der Waals surface area contributed by atoms with Crippen molar-refractivity contribution in [3.8, 4) is 0 Å². The number of hydrogen-bond acceptors (Lipinski definition) is 3. The molecule has 1 aliphatic heterocycles. The van der Waals surface area contributed by atoms with E-state index in [0.717, 1.165) is 42.7 Å². The van der Waals surface area contributed by atoms with Crippen molar-refractivity contribution in [3.63, 3.8) is 0 Å². The monoisotopic (exact) mass is 449 g/mol. The minimum Gasteiger partial charge on any atom is -0.326 e. The van der Waals surface area contributed by atoms with E-state index < -0.39 is 5.54 Å². The first-order valence-electron chi connectivity index (χ1n) is 13.0. The number of rotatable bonds is 5. The summed E-state index contributed by atoms with van der Waals surface area (Å²) in [5.41, 5.74) is 1.86. The maximum Gasteiger partial charge on any atom is 0.325 e. The second kappa shape index (κ2) is 7.85. The van der Waals surface area contributed by atoms with Crippen molar-refractivity contribution in [2.75, 3.05) is 11.9 Å². The first-order chi connectivity index (χ1) is 15.9. The Hall–Kier alpha value is -2.37. The maximum atomic E-state index is 12.9. The van der Waals surface area contributed by atoms with Gasteiger partial charge in [-0.15, -0.1) is 0 Å². The lowest BCUT2D eigenvalue weighted by Crippen LogP contribution is -2.48. The van der Waals surface area contributed by atoms with Crippen LogP contribution in [0.1, 0.15) is 82.6 Å². The van der Waals surface area contributed by atoms with Gasteiger partial charge in [0.1, 0.15) is 5.54 Å². The fraction of sp³-hybridized carbons (Fsp3) is 0.667. The molecule has 5 saturated carbocycles. The molecule has 6 heteroatoms. The Morgan fingerprint density at radius 1 is 0.939 bits per heavy atom. The summed E-state index contributed by atoms with van der Waals surface area (Å²) in [4.78, 5) is 39.1. The van der Waals surface area contributed by atoms with Gasteiger partial charge >= 0.3 is 6.03 Å². The van der Waals surface area contributed by atoms with Gasteiger partial charge in [0.15, 0.2) is 0 Å². The Morgan fingerprint density at radius 3 is 2.15 bits per heavy atom. The minimum atomic E-state index is -0.723. The molecule has 2 N–H and O–H groups in total. The highest BCUT2D eigenvalue weighted by molar-refractivity contribution is 6.07. The van der Waals surface area contributed by atoms with Crippen LogP contribution in [0, 0.1) is 17.8 Å². The van der Waals surface area contributed by atoms with Crippen LogP contribution in [-0.2, 0) is 15.0 Å². The molecule has 176 valence electrons. The topological polar surface area (TPSA) is 78.5 Å². The van der Waals surface area contributed by atoms with Gasteiger partial charge in [-0.3, -0.25) is 14.5 Å². The van der Waals surface area contributed by atoms with Crippen molar-refractivity contribution >= 4 is 23.5 Å². The molecule has 0 unspecified atom stereocenters. The molecule has 1 heterocycles. The van der Waals surface area contributed by atoms with Gasteiger partial charge in [-0.2, -0.15) is 0 Å². The number of carbonyl (C=O) groups excluding carboxylic acids is 3. The first kappa shape index (κ1) is 21.2. The van der Waals surface area contributed by atoms with Crippen LogP contribution in [0.15, 0.2) is 24.3 Å². The zero-order valence-electron chi connectivity index (χ0n) is 19.4. The molecule has 4 amide bonds. The van der Waals surface area contributed by atoms with E-state index >= 15 is 0 Å². The number of hydrogen-bond donors (Lipinski definition) is 2. The smallest absolute Gasteiger partial charge is 0.325 e. The Balaban J connectivity index is 1.06. The van der Waals surface area contributed by atoms with E-state index in [0.29, 0.717) is 18.3 Å². The average Bonchev–Trinajstić information content (AvgIpc) is 3.01. The van der Waals surface area contributed by atoms with Crippen LogP contribution in [0.3, 0.4) is 0 Å². The van der Waals surface area contributed by atoms with E-state index in [1.54, 1.807) is 0 Å². The average molecular weight is 450 g/mol. The van der Waals surface area contributed by atoms with Gasteiger partial charge in [0, 0.05) is 18.7 Å². The van der Waals surface area contributed by atoms with E-state index in [-0.39, 0.29) is 30.8 Å². The number of benzene rings is 1. The fourth-order valence-electron chi connectivity index (χ4n) is 8.18. The van der Waals surface area contributed by atoms with Gasteiger partial charge in [-0.05, 0) is 92.2 Å². The summed E-state index contributed by atoms with van der Waals surface area (Å²) in [6.07, 6.45) is 12.9. The number of nitrogens with one attached hydrogen (secondary N) is 2. The highest BCUT2D eigenvalue weighted by Gasteiger charge is 2.52. The molecule has 6 nitrogen and oxygen atoms in total. The van der Waals surface area contributed by atoms with Gasteiger partial charge in [0.05, 0.1) is 0 Å². The second-order valence-corrected chi connectivity index (χ2v) is 11.6. The molecular formula is C27H35N3O3. The third kappa shape index (κ3) is 3.66. The van der Waals surface area contributed by atoms with E-state index in [4.69, 9.17) is 0 Å². The normalized spacial score (nSPS) is 34.1. The van der Waals surface area contributed by atoms with Crippen LogP contribution < -0.4 is 10.6 Å². The van der Waals surface area contributed by atoms with Gasteiger partial charge in [-0.1, -0.05) is 31.4 Å².